The first-order chi connectivity index (χ1) is 9.90. The van der Waals surface area contributed by atoms with E-state index in [4.69, 9.17) is 5.73 Å². The van der Waals surface area contributed by atoms with Crippen LogP contribution in [0.3, 0.4) is 0 Å². The minimum Gasteiger partial charge on any atom is -0.399 e. The topological polar surface area (TPSA) is 87.5 Å². The van der Waals surface area contributed by atoms with Gasteiger partial charge in [-0.1, -0.05) is 0 Å². The zero-order valence-electron chi connectivity index (χ0n) is 12.0. The summed E-state index contributed by atoms with van der Waals surface area (Å²) in [5.74, 6) is -1.04. The first-order valence-electron chi connectivity index (χ1n) is 6.79. The summed E-state index contributed by atoms with van der Waals surface area (Å²) in [5.41, 5.74) is 5.99. The molecule has 4 N–H and O–H groups in total. The lowest BCUT2D eigenvalue weighted by Crippen LogP contribution is -2.59. The molecule has 2 unspecified atom stereocenters. The van der Waals surface area contributed by atoms with E-state index in [1.54, 1.807) is 18.7 Å². The smallest absolute Gasteiger partial charge is 0.241 e. The Kier molecular flexibility index (Phi) is 4.42. The Bertz CT molecular complexity index is 564. The third kappa shape index (κ3) is 3.30. The average molecular weight is 294 g/mol. The number of halogens is 1. The van der Waals surface area contributed by atoms with Crippen LogP contribution in [-0.2, 0) is 9.59 Å². The summed E-state index contributed by atoms with van der Waals surface area (Å²) >= 11 is 0. The Morgan fingerprint density at radius 3 is 3.00 bits per heavy atom. The van der Waals surface area contributed by atoms with E-state index in [0.717, 1.165) is 0 Å². The van der Waals surface area contributed by atoms with Crippen LogP contribution in [0.4, 0.5) is 15.8 Å². The van der Waals surface area contributed by atoms with Crippen LogP contribution in [0.2, 0.25) is 0 Å². The van der Waals surface area contributed by atoms with Crippen LogP contribution >= 0.6 is 0 Å². The van der Waals surface area contributed by atoms with Crippen molar-refractivity contribution in [1.82, 2.24) is 10.2 Å². The molecule has 114 valence electrons. The number of benzene rings is 1. The van der Waals surface area contributed by atoms with Gasteiger partial charge in [-0.2, -0.15) is 0 Å². The second-order valence-corrected chi connectivity index (χ2v) is 5.11. The third-order valence-electron chi connectivity index (χ3n) is 3.67. The standard InChI is InChI=1S/C14H19FN4O2/c1-8-13(20)17-5-6-19(8)9(2)14(21)18-12-7-10(16)3-4-11(12)15/h3-4,7-9H,5-6,16H2,1-2H3,(H,17,20)(H,18,21). The summed E-state index contributed by atoms with van der Waals surface area (Å²) in [6, 6.07) is 3.04. The van der Waals surface area contributed by atoms with Gasteiger partial charge in [0.05, 0.1) is 17.8 Å². The van der Waals surface area contributed by atoms with Gasteiger partial charge < -0.3 is 16.4 Å². The largest absolute Gasteiger partial charge is 0.399 e. The maximum absolute atomic E-state index is 13.6. The van der Waals surface area contributed by atoms with E-state index in [1.807, 2.05) is 0 Å². The summed E-state index contributed by atoms with van der Waals surface area (Å²) in [5, 5.41) is 5.25. The number of amides is 2. The lowest BCUT2D eigenvalue weighted by molar-refractivity contribution is -0.132. The molecule has 0 aliphatic carbocycles. The molecule has 1 heterocycles. The van der Waals surface area contributed by atoms with Crippen LogP contribution in [0.25, 0.3) is 0 Å². The third-order valence-corrected chi connectivity index (χ3v) is 3.67. The van der Waals surface area contributed by atoms with Gasteiger partial charge in [0, 0.05) is 18.8 Å². The first kappa shape index (κ1) is 15.2. The van der Waals surface area contributed by atoms with E-state index in [2.05, 4.69) is 10.6 Å². The number of carbonyl (C=O) groups excluding carboxylic acids is 2. The lowest BCUT2D eigenvalue weighted by atomic mass is 10.1. The Morgan fingerprint density at radius 1 is 1.57 bits per heavy atom. The van der Waals surface area contributed by atoms with Crippen molar-refractivity contribution in [3.63, 3.8) is 0 Å². The van der Waals surface area contributed by atoms with Gasteiger partial charge in [-0.05, 0) is 32.0 Å². The van der Waals surface area contributed by atoms with Crippen molar-refractivity contribution < 1.29 is 14.0 Å². The Balaban J connectivity index is 2.09. The number of hydrogen-bond donors (Lipinski definition) is 3. The zero-order chi connectivity index (χ0) is 15.6. The summed E-state index contributed by atoms with van der Waals surface area (Å²) in [4.78, 5) is 25.6. The molecule has 2 atom stereocenters. The van der Waals surface area contributed by atoms with E-state index < -0.39 is 17.9 Å². The summed E-state index contributed by atoms with van der Waals surface area (Å²) in [6.45, 7) is 4.49. The van der Waals surface area contributed by atoms with Crippen molar-refractivity contribution in [2.75, 3.05) is 24.1 Å². The molecule has 1 aliphatic heterocycles. The summed E-state index contributed by atoms with van der Waals surface area (Å²) in [7, 11) is 0. The number of nitrogens with one attached hydrogen (secondary N) is 2. The highest BCUT2D eigenvalue weighted by Gasteiger charge is 2.32. The van der Waals surface area contributed by atoms with E-state index in [-0.39, 0.29) is 17.5 Å². The van der Waals surface area contributed by atoms with Gasteiger partial charge in [0.2, 0.25) is 11.8 Å². The van der Waals surface area contributed by atoms with Crippen LogP contribution < -0.4 is 16.4 Å². The van der Waals surface area contributed by atoms with Crippen molar-refractivity contribution >= 4 is 23.2 Å². The van der Waals surface area contributed by atoms with Crippen molar-refractivity contribution in [3.8, 4) is 0 Å². The van der Waals surface area contributed by atoms with Crippen molar-refractivity contribution in [1.29, 1.82) is 0 Å². The SMILES string of the molecule is CC1C(=O)NCCN1C(C)C(=O)Nc1cc(N)ccc1F. The fraction of sp³-hybridized carbons (Fsp3) is 0.429. The number of piperazine rings is 1. The molecule has 1 saturated heterocycles. The fourth-order valence-corrected chi connectivity index (χ4v) is 2.36. The highest BCUT2D eigenvalue weighted by Crippen LogP contribution is 2.19. The zero-order valence-corrected chi connectivity index (χ0v) is 12.0. The van der Waals surface area contributed by atoms with Crippen molar-refractivity contribution in [2.45, 2.75) is 25.9 Å². The number of rotatable bonds is 3. The molecule has 0 radical (unpaired) electrons. The second kappa shape index (κ2) is 6.09. The predicted octanol–water partition coefficient (Wildman–Crippen LogP) is 0.555. The molecule has 2 amide bonds. The molecule has 1 aliphatic rings. The van der Waals surface area contributed by atoms with Crippen LogP contribution in [0.1, 0.15) is 13.8 Å². The second-order valence-electron chi connectivity index (χ2n) is 5.11. The van der Waals surface area contributed by atoms with Crippen LogP contribution in [-0.4, -0.2) is 41.9 Å². The normalized spacial score (nSPS) is 20.7. The van der Waals surface area contributed by atoms with E-state index in [9.17, 15) is 14.0 Å². The van der Waals surface area contributed by atoms with Gasteiger partial charge in [-0.3, -0.25) is 14.5 Å². The molecule has 0 spiro atoms. The fourth-order valence-electron chi connectivity index (χ4n) is 2.36. The van der Waals surface area contributed by atoms with Gasteiger partial charge in [-0.15, -0.1) is 0 Å². The van der Waals surface area contributed by atoms with Gasteiger partial charge in [-0.25, -0.2) is 4.39 Å². The van der Waals surface area contributed by atoms with Crippen LogP contribution in [0.5, 0.6) is 0 Å². The Hall–Kier alpha value is -2.15. The number of nitrogens with zero attached hydrogens (tertiary/aromatic N) is 1. The Morgan fingerprint density at radius 2 is 2.29 bits per heavy atom. The molecular formula is C14H19FN4O2. The molecule has 0 saturated carbocycles. The summed E-state index contributed by atoms with van der Waals surface area (Å²) in [6.07, 6.45) is 0. The molecule has 1 aromatic carbocycles. The molecule has 1 aromatic rings. The minimum absolute atomic E-state index is 0.0426. The highest BCUT2D eigenvalue weighted by atomic mass is 19.1. The predicted molar refractivity (Wildman–Crippen MR) is 78.1 cm³/mol. The number of anilines is 2. The first-order valence-corrected chi connectivity index (χ1v) is 6.79. The maximum Gasteiger partial charge on any atom is 0.241 e. The van der Waals surface area contributed by atoms with E-state index in [1.165, 1.54) is 18.2 Å². The molecule has 21 heavy (non-hydrogen) atoms. The monoisotopic (exact) mass is 294 g/mol. The highest BCUT2D eigenvalue weighted by molar-refractivity contribution is 5.95. The van der Waals surface area contributed by atoms with Crippen LogP contribution in [0, 0.1) is 5.82 Å². The number of hydrogen-bond acceptors (Lipinski definition) is 4. The number of nitrogen functional groups attached to an aromatic ring is 1. The minimum atomic E-state index is -0.549. The molecular weight excluding hydrogens is 275 g/mol. The van der Waals surface area contributed by atoms with Gasteiger partial charge in [0.1, 0.15) is 5.82 Å². The van der Waals surface area contributed by atoms with Crippen molar-refractivity contribution in [3.05, 3.63) is 24.0 Å². The van der Waals surface area contributed by atoms with Gasteiger partial charge >= 0.3 is 0 Å². The quantitative estimate of drug-likeness (QED) is 0.711. The summed E-state index contributed by atoms with van der Waals surface area (Å²) < 4.78 is 13.6. The Labute approximate surface area is 122 Å². The van der Waals surface area contributed by atoms with E-state index >= 15 is 0 Å². The van der Waals surface area contributed by atoms with Gasteiger partial charge in [0.25, 0.3) is 0 Å². The number of nitrogens with two attached hydrogens (primary N) is 1. The van der Waals surface area contributed by atoms with Crippen molar-refractivity contribution in [2.24, 2.45) is 0 Å². The van der Waals surface area contributed by atoms with Crippen LogP contribution in [0.15, 0.2) is 18.2 Å². The average Bonchev–Trinajstić information content (AvgIpc) is 2.45. The molecule has 0 bridgehead atoms. The molecule has 6 nitrogen and oxygen atoms in total. The molecule has 1 fully saturated rings. The molecule has 0 aromatic heterocycles. The maximum atomic E-state index is 13.6. The lowest BCUT2D eigenvalue weighted by Gasteiger charge is -2.36. The van der Waals surface area contributed by atoms with Gasteiger partial charge in [0.15, 0.2) is 0 Å². The number of carbonyl (C=O) groups is 2. The molecule has 7 heteroatoms. The van der Waals surface area contributed by atoms with E-state index in [0.29, 0.717) is 18.8 Å². The molecule has 2 rings (SSSR count).